The zero-order valence-electron chi connectivity index (χ0n) is 9.54. The Kier molecular flexibility index (Phi) is 4.83. The second-order valence-electron chi connectivity index (χ2n) is 4.07. The minimum absolute atomic E-state index is 0.211. The molecule has 0 saturated carbocycles. The molecule has 0 radical (unpaired) electrons. The molecule has 90 valence electrons. The van der Waals surface area contributed by atoms with Crippen LogP contribution in [0.15, 0.2) is 18.2 Å². The Bertz CT molecular complexity index is 344. The molecule has 2 atom stereocenters. The predicted octanol–water partition coefficient (Wildman–Crippen LogP) is 2.64. The molecule has 0 aliphatic carbocycles. The quantitative estimate of drug-likeness (QED) is 0.842. The van der Waals surface area contributed by atoms with Crippen LogP contribution in [-0.2, 0) is 4.74 Å². The van der Waals surface area contributed by atoms with E-state index >= 15 is 0 Å². The summed E-state index contributed by atoms with van der Waals surface area (Å²) in [6.07, 6.45) is 0.564. The van der Waals surface area contributed by atoms with E-state index in [4.69, 9.17) is 10.5 Å². The summed E-state index contributed by atoms with van der Waals surface area (Å²) in [5, 5.41) is 0. The normalized spacial score (nSPS) is 14.8. The van der Waals surface area contributed by atoms with Gasteiger partial charge in [0.25, 0.3) is 0 Å². The number of rotatable bonds is 5. The third-order valence-electron chi connectivity index (χ3n) is 2.47. The molecule has 4 heteroatoms. The first kappa shape index (κ1) is 13.1. The van der Waals surface area contributed by atoms with Crippen molar-refractivity contribution in [1.29, 1.82) is 0 Å². The summed E-state index contributed by atoms with van der Waals surface area (Å²) >= 11 is 0. The van der Waals surface area contributed by atoms with E-state index in [1.54, 1.807) is 7.11 Å². The second kappa shape index (κ2) is 5.92. The second-order valence-corrected chi connectivity index (χ2v) is 4.07. The lowest BCUT2D eigenvalue weighted by molar-refractivity contribution is 0.152. The van der Waals surface area contributed by atoms with E-state index in [9.17, 15) is 8.78 Å². The summed E-state index contributed by atoms with van der Waals surface area (Å²) in [5.74, 6) is -0.715. The van der Waals surface area contributed by atoms with Crippen molar-refractivity contribution in [2.45, 2.75) is 19.4 Å². The van der Waals surface area contributed by atoms with Crippen molar-refractivity contribution in [3.8, 4) is 0 Å². The van der Waals surface area contributed by atoms with Crippen LogP contribution in [0.2, 0.25) is 0 Å². The Balaban J connectivity index is 2.72. The molecule has 0 bridgehead atoms. The zero-order chi connectivity index (χ0) is 12.1. The smallest absolute Gasteiger partial charge is 0.128 e. The van der Waals surface area contributed by atoms with Gasteiger partial charge in [0.2, 0.25) is 0 Å². The van der Waals surface area contributed by atoms with Crippen LogP contribution >= 0.6 is 0 Å². The highest BCUT2D eigenvalue weighted by atomic mass is 19.1. The largest absolute Gasteiger partial charge is 0.384 e. The Morgan fingerprint density at radius 1 is 1.38 bits per heavy atom. The van der Waals surface area contributed by atoms with E-state index in [-0.39, 0.29) is 11.5 Å². The topological polar surface area (TPSA) is 35.2 Å². The molecule has 0 heterocycles. The van der Waals surface area contributed by atoms with Crippen molar-refractivity contribution in [2.75, 3.05) is 13.7 Å². The summed E-state index contributed by atoms with van der Waals surface area (Å²) < 4.78 is 31.3. The van der Waals surface area contributed by atoms with Crippen LogP contribution in [0.25, 0.3) is 0 Å². The van der Waals surface area contributed by atoms with Gasteiger partial charge in [0.15, 0.2) is 0 Å². The lowest BCUT2D eigenvalue weighted by Crippen LogP contribution is -2.18. The predicted molar refractivity (Wildman–Crippen MR) is 58.9 cm³/mol. The highest BCUT2D eigenvalue weighted by molar-refractivity contribution is 5.22. The Hall–Kier alpha value is -1.00. The summed E-state index contributed by atoms with van der Waals surface area (Å²) in [4.78, 5) is 0. The first-order valence-corrected chi connectivity index (χ1v) is 5.24. The molecule has 0 aliphatic heterocycles. The minimum Gasteiger partial charge on any atom is -0.384 e. The number of hydrogen-bond donors (Lipinski definition) is 1. The van der Waals surface area contributed by atoms with Crippen molar-refractivity contribution < 1.29 is 13.5 Å². The molecule has 2 N–H and O–H groups in total. The van der Waals surface area contributed by atoms with Crippen molar-refractivity contribution >= 4 is 0 Å². The molecule has 0 aromatic heterocycles. The van der Waals surface area contributed by atoms with Crippen molar-refractivity contribution in [1.82, 2.24) is 0 Å². The lowest BCUT2D eigenvalue weighted by Gasteiger charge is -2.17. The number of hydrogen-bond acceptors (Lipinski definition) is 2. The van der Waals surface area contributed by atoms with E-state index in [1.807, 2.05) is 6.92 Å². The molecule has 0 aliphatic rings. The van der Waals surface area contributed by atoms with Crippen molar-refractivity contribution in [2.24, 2.45) is 11.7 Å². The first-order valence-electron chi connectivity index (χ1n) is 5.24. The number of halogens is 2. The Morgan fingerprint density at radius 3 is 2.69 bits per heavy atom. The van der Waals surface area contributed by atoms with Crippen LogP contribution < -0.4 is 5.73 Å². The molecule has 1 aromatic carbocycles. The van der Waals surface area contributed by atoms with Crippen LogP contribution in [0.5, 0.6) is 0 Å². The zero-order valence-corrected chi connectivity index (χ0v) is 9.54. The molecule has 1 aromatic rings. The van der Waals surface area contributed by atoms with Crippen LogP contribution in [0.3, 0.4) is 0 Å². The number of ether oxygens (including phenoxy) is 1. The molecular formula is C12H17F2NO. The summed E-state index contributed by atoms with van der Waals surface area (Å²) in [6, 6.07) is 2.84. The maximum absolute atomic E-state index is 13.4. The number of nitrogens with two attached hydrogens (primary N) is 1. The van der Waals surface area contributed by atoms with Crippen molar-refractivity contribution in [3.05, 3.63) is 35.4 Å². The van der Waals surface area contributed by atoms with E-state index in [1.165, 1.54) is 0 Å². The molecule has 0 saturated heterocycles. The molecule has 0 spiro atoms. The lowest BCUT2D eigenvalue weighted by atomic mass is 9.96. The van der Waals surface area contributed by atoms with Gasteiger partial charge in [-0.05, 0) is 30.5 Å². The van der Waals surface area contributed by atoms with Gasteiger partial charge in [-0.2, -0.15) is 0 Å². The Morgan fingerprint density at radius 2 is 2.06 bits per heavy atom. The van der Waals surface area contributed by atoms with E-state index < -0.39 is 17.7 Å². The van der Waals surface area contributed by atoms with E-state index in [0.717, 1.165) is 18.2 Å². The molecule has 0 amide bonds. The maximum atomic E-state index is 13.4. The average molecular weight is 229 g/mol. The maximum Gasteiger partial charge on any atom is 0.128 e. The van der Waals surface area contributed by atoms with Crippen LogP contribution in [-0.4, -0.2) is 13.7 Å². The van der Waals surface area contributed by atoms with Gasteiger partial charge in [-0.15, -0.1) is 0 Å². The van der Waals surface area contributed by atoms with Gasteiger partial charge in [-0.3, -0.25) is 0 Å². The average Bonchev–Trinajstić information content (AvgIpc) is 2.21. The van der Waals surface area contributed by atoms with Gasteiger partial charge in [0, 0.05) is 25.3 Å². The number of methoxy groups -OCH3 is 1. The minimum atomic E-state index is -0.499. The SMILES string of the molecule is COCC(C)CC(N)c1cc(F)ccc1F. The van der Waals surface area contributed by atoms with Crippen LogP contribution in [0.1, 0.15) is 24.9 Å². The molecule has 0 fully saturated rings. The molecule has 16 heavy (non-hydrogen) atoms. The molecule has 1 rings (SSSR count). The third-order valence-corrected chi connectivity index (χ3v) is 2.47. The molecular weight excluding hydrogens is 212 g/mol. The van der Waals surface area contributed by atoms with E-state index in [0.29, 0.717) is 13.0 Å². The fourth-order valence-electron chi connectivity index (χ4n) is 1.71. The number of benzene rings is 1. The van der Waals surface area contributed by atoms with Gasteiger partial charge < -0.3 is 10.5 Å². The standard InChI is InChI=1S/C12H17F2NO/c1-8(7-16-2)5-12(15)10-6-9(13)3-4-11(10)14/h3-4,6,8,12H,5,7,15H2,1-2H3. The van der Waals surface area contributed by atoms with Gasteiger partial charge in [-0.25, -0.2) is 8.78 Å². The monoisotopic (exact) mass is 229 g/mol. The highest BCUT2D eigenvalue weighted by Gasteiger charge is 2.15. The first-order chi connectivity index (χ1) is 7.54. The summed E-state index contributed by atoms with van der Waals surface area (Å²) in [7, 11) is 1.60. The van der Waals surface area contributed by atoms with Gasteiger partial charge in [-0.1, -0.05) is 6.92 Å². The van der Waals surface area contributed by atoms with Crippen LogP contribution in [0.4, 0.5) is 8.78 Å². The van der Waals surface area contributed by atoms with Gasteiger partial charge >= 0.3 is 0 Å². The van der Waals surface area contributed by atoms with E-state index in [2.05, 4.69) is 0 Å². The van der Waals surface area contributed by atoms with Crippen LogP contribution in [0, 0.1) is 17.6 Å². The van der Waals surface area contributed by atoms with Gasteiger partial charge in [0.05, 0.1) is 0 Å². The molecule has 2 nitrogen and oxygen atoms in total. The van der Waals surface area contributed by atoms with Crippen molar-refractivity contribution in [3.63, 3.8) is 0 Å². The fourth-order valence-corrected chi connectivity index (χ4v) is 1.71. The Labute approximate surface area is 94.4 Å². The summed E-state index contributed by atoms with van der Waals surface area (Å²) in [6.45, 7) is 2.52. The fraction of sp³-hybridized carbons (Fsp3) is 0.500. The van der Waals surface area contributed by atoms with Gasteiger partial charge in [0.1, 0.15) is 11.6 Å². The molecule has 2 unspecified atom stereocenters. The third kappa shape index (κ3) is 3.54. The summed E-state index contributed by atoms with van der Waals surface area (Å²) in [5.41, 5.74) is 6.06. The highest BCUT2D eigenvalue weighted by Crippen LogP contribution is 2.22.